The van der Waals surface area contributed by atoms with Crippen LogP contribution in [0.5, 0.6) is 5.75 Å². The third-order valence-corrected chi connectivity index (χ3v) is 3.39. The zero-order chi connectivity index (χ0) is 15.4. The van der Waals surface area contributed by atoms with Gasteiger partial charge in [-0.15, -0.1) is 0 Å². The number of anilines is 1. The van der Waals surface area contributed by atoms with E-state index >= 15 is 0 Å². The van der Waals surface area contributed by atoms with Gasteiger partial charge in [0.25, 0.3) is 0 Å². The van der Waals surface area contributed by atoms with Gasteiger partial charge in [-0.05, 0) is 12.1 Å². The first kappa shape index (κ1) is 14.3. The van der Waals surface area contributed by atoms with E-state index < -0.39 is 0 Å². The van der Waals surface area contributed by atoms with Crippen LogP contribution in [0.4, 0.5) is 5.82 Å². The lowest BCUT2D eigenvalue weighted by Gasteiger charge is -2.10. The number of fused-ring (bicyclic) bond motifs is 1. The fourth-order valence-corrected chi connectivity index (χ4v) is 2.38. The van der Waals surface area contributed by atoms with E-state index in [0.29, 0.717) is 13.2 Å². The topological polar surface area (TPSA) is 60.7 Å². The Kier molecular flexibility index (Phi) is 4.20. The number of rotatable bonds is 6. The molecule has 1 N–H and O–H groups in total. The van der Waals surface area contributed by atoms with E-state index in [0.717, 1.165) is 28.5 Å². The van der Waals surface area contributed by atoms with Crippen molar-refractivity contribution in [2.24, 2.45) is 0 Å². The van der Waals surface area contributed by atoms with Crippen molar-refractivity contribution < 1.29 is 9.47 Å². The van der Waals surface area contributed by atoms with Crippen LogP contribution in [0.1, 0.15) is 0 Å². The van der Waals surface area contributed by atoms with Gasteiger partial charge in [-0.1, -0.05) is 12.1 Å². The molecular weight excluding hydrogens is 280 g/mol. The maximum absolute atomic E-state index is 5.46. The molecule has 0 atom stereocenters. The van der Waals surface area contributed by atoms with E-state index in [1.54, 1.807) is 26.6 Å². The third kappa shape index (κ3) is 2.60. The molecule has 22 heavy (non-hydrogen) atoms. The van der Waals surface area contributed by atoms with E-state index in [2.05, 4.69) is 15.3 Å². The molecule has 0 aliphatic heterocycles. The van der Waals surface area contributed by atoms with Crippen LogP contribution in [0.25, 0.3) is 16.9 Å². The minimum Gasteiger partial charge on any atom is -0.496 e. The molecule has 0 radical (unpaired) electrons. The lowest BCUT2D eigenvalue weighted by Crippen LogP contribution is -2.10. The summed E-state index contributed by atoms with van der Waals surface area (Å²) in [6.07, 6.45) is 5.36. The predicted molar refractivity (Wildman–Crippen MR) is 85.3 cm³/mol. The van der Waals surface area contributed by atoms with Crippen molar-refractivity contribution in [2.75, 3.05) is 32.7 Å². The molecular formula is C16H18N4O2. The van der Waals surface area contributed by atoms with Crippen LogP contribution in [0, 0.1) is 0 Å². The van der Waals surface area contributed by atoms with Gasteiger partial charge in [0.2, 0.25) is 0 Å². The number of hydrogen-bond acceptors (Lipinski definition) is 5. The zero-order valence-corrected chi connectivity index (χ0v) is 12.6. The van der Waals surface area contributed by atoms with Gasteiger partial charge < -0.3 is 14.8 Å². The molecule has 3 aromatic rings. The fraction of sp³-hybridized carbons (Fsp3) is 0.250. The largest absolute Gasteiger partial charge is 0.496 e. The van der Waals surface area contributed by atoms with Crippen LogP contribution >= 0.6 is 0 Å². The standard InChI is InChI=1S/C16H18N4O2/c1-21-10-8-18-16-15(12-5-3-4-6-13(12)22-2)19-14-11-17-7-9-20(14)16/h3-7,9,11,18H,8,10H2,1-2H3. The lowest BCUT2D eigenvalue weighted by atomic mass is 10.1. The average molecular weight is 298 g/mol. The number of imidazole rings is 1. The smallest absolute Gasteiger partial charge is 0.157 e. The normalized spacial score (nSPS) is 10.8. The van der Waals surface area contributed by atoms with E-state index in [1.165, 1.54) is 0 Å². The fourth-order valence-electron chi connectivity index (χ4n) is 2.38. The molecule has 0 fully saturated rings. The third-order valence-electron chi connectivity index (χ3n) is 3.39. The Balaban J connectivity index is 2.13. The molecule has 0 saturated carbocycles. The minimum absolute atomic E-state index is 0.615. The molecule has 2 aromatic heterocycles. The molecule has 0 saturated heterocycles. The molecule has 0 aliphatic rings. The Labute approximate surface area is 128 Å². The summed E-state index contributed by atoms with van der Waals surface area (Å²) >= 11 is 0. The lowest BCUT2D eigenvalue weighted by molar-refractivity contribution is 0.210. The van der Waals surface area contributed by atoms with Gasteiger partial charge in [0.1, 0.15) is 17.3 Å². The summed E-state index contributed by atoms with van der Waals surface area (Å²) in [7, 11) is 3.34. The Morgan fingerprint density at radius 2 is 2.09 bits per heavy atom. The molecule has 0 bridgehead atoms. The molecule has 6 nitrogen and oxygen atoms in total. The Bertz CT molecular complexity index is 770. The highest BCUT2D eigenvalue weighted by atomic mass is 16.5. The van der Waals surface area contributed by atoms with Gasteiger partial charge in [0.15, 0.2) is 5.65 Å². The first-order chi connectivity index (χ1) is 10.8. The second kappa shape index (κ2) is 6.44. The quantitative estimate of drug-likeness (QED) is 0.708. The number of nitrogens with one attached hydrogen (secondary N) is 1. The van der Waals surface area contributed by atoms with Crippen LogP contribution in [-0.2, 0) is 4.74 Å². The van der Waals surface area contributed by atoms with Gasteiger partial charge in [0.05, 0.1) is 19.9 Å². The van der Waals surface area contributed by atoms with E-state index in [9.17, 15) is 0 Å². The maximum atomic E-state index is 5.46. The van der Waals surface area contributed by atoms with Crippen molar-refractivity contribution in [3.63, 3.8) is 0 Å². The first-order valence-corrected chi connectivity index (χ1v) is 7.03. The first-order valence-electron chi connectivity index (χ1n) is 7.03. The van der Waals surface area contributed by atoms with Crippen LogP contribution in [0.3, 0.4) is 0 Å². The summed E-state index contributed by atoms with van der Waals surface area (Å²) in [5.74, 6) is 1.69. The van der Waals surface area contributed by atoms with Gasteiger partial charge in [-0.25, -0.2) is 4.98 Å². The van der Waals surface area contributed by atoms with Gasteiger partial charge in [0, 0.05) is 31.6 Å². The van der Waals surface area contributed by atoms with Gasteiger partial charge in [-0.2, -0.15) is 0 Å². The molecule has 0 aliphatic carbocycles. The summed E-state index contributed by atoms with van der Waals surface area (Å²) < 4.78 is 12.5. The number of aromatic nitrogens is 3. The molecule has 0 spiro atoms. The molecule has 0 unspecified atom stereocenters. The maximum Gasteiger partial charge on any atom is 0.157 e. The Morgan fingerprint density at radius 1 is 1.23 bits per heavy atom. The summed E-state index contributed by atoms with van der Waals surface area (Å²) in [5.41, 5.74) is 2.55. The van der Waals surface area contributed by atoms with Crippen molar-refractivity contribution >= 4 is 11.5 Å². The van der Waals surface area contributed by atoms with Crippen LogP contribution in [-0.4, -0.2) is 41.7 Å². The average Bonchev–Trinajstić information content (AvgIpc) is 2.94. The SMILES string of the molecule is COCCNc1c(-c2ccccc2OC)nc2cnccn12. The highest BCUT2D eigenvalue weighted by Crippen LogP contribution is 2.34. The number of methoxy groups -OCH3 is 2. The number of benzene rings is 1. The van der Waals surface area contributed by atoms with Crippen LogP contribution in [0.15, 0.2) is 42.9 Å². The number of para-hydroxylation sites is 1. The van der Waals surface area contributed by atoms with Gasteiger partial charge in [-0.3, -0.25) is 9.38 Å². The van der Waals surface area contributed by atoms with E-state index in [1.807, 2.05) is 34.9 Å². The summed E-state index contributed by atoms with van der Waals surface area (Å²) in [6, 6.07) is 7.84. The van der Waals surface area contributed by atoms with Crippen molar-refractivity contribution in [1.82, 2.24) is 14.4 Å². The minimum atomic E-state index is 0.615. The second-order valence-electron chi connectivity index (χ2n) is 4.73. The molecule has 3 rings (SSSR count). The molecule has 6 heteroatoms. The van der Waals surface area contributed by atoms with E-state index in [-0.39, 0.29) is 0 Å². The van der Waals surface area contributed by atoms with Crippen LogP contribution < -0.4 is 10.1 Å². The molecule has 1 aromatic carbocycles. The monoisotopic (exact) mass is 298 g/mol. The van der Waals surface area contributed by atoms with Crippen LogP contribution in [0.2, 0.25) is 0 Å². The van der Waals surface area contributed by atoms with Crippen molar-refractivity contribution in [3.05, 3.63) is 42.9 Å². The summed E-state index contributed by atoms with van der Waals surface area (Å²) in [5, 5.41) is 3.38. The highest BCUT2D eigenvalue weighted by Gasteiger charge is 2.16. The predicted octanol–water partition coefficient (Wildman–Crippen LogP) is 2.46. The number of hydrogen-bond donors (Lipinski definition) is 1. The summed E-state index contributed by atoms with van der Waals surface area (Å²) in [4.78, 5) is 8.82. The second-order valence-corrected chi connectivity index (χ2v) is 4.73. The zero-order valence-electron chi connectivity index (χ0n) is 12.6. The Hall–Kier alpha value is -2.60. The van der Waals surface area contributed by atoms with Crippen molar-refractivity contribution in [1.29, 1.82) is 0 Å². The van der Waals surface area contributed by atoms with E-state index in [4.69, 9.17) is 9.47 Å². The molecule has 114 valence electrons. The van der Waals surface area contributed by atoms with Gasteiger partial charge >= 0.3 is 0 Å². The molecule has 2 heterocycles. The molecule has 0 amide bonds. The number of ether oxygens (including phenoxy) is 2. The Morgan fingerprint density at radius 3 is 2.91 bits per heavy atom. The number of nitrogens with zero attached hydrogens (tertiary/aromatic N) is 3. The van der Waals surface area contributed by atoms with Crippen molar-refractivity contribution in [2.45, 2.75) is 0 Å². The highest BCUT2D eigenvalue weighted by molar-refractivity contribution is 5.80. The summed E-state index contributed by atoms with van der Waals surface area (Å²) in [6.45, 7) is 1.30. The van der Waals surface area contributed by atoms with Crippen molar-refractivity contribution in [3.8, 4) is 17.0 Å².